The molecular weight excluding hydrogens is 122 g/mol. The molecule has 0 aromatic heterocycles. The summed E-state index contributed by atoms with van der Waals surface area (Å²) in [5.41, 5.74) is 0. The summed E-state index contributed by atoms with van der Waals surface area (Å²) in [7, 11) is 0. The van der Waals surface area contributed by atoms with Crippen LogP contribution in [-0.4, -0.2) is 0 Å². The molecule has 1 nitrogen and oxygen atoms in total. The molecule has 0 unspecified atom stereocenters. The molecule has 0 heterocycles. The van der Waals surface area contributed by atoms with E-state index in [4.69, 9.17) is 5.26 Å². The van der Waals surface area contributed by atoms with Crippen LogP contribution in [0, 0.1) is 17.2 Å². The van der Waals surface area contributed by atoms with Crippen molar-refractivity contribution in [1.29, 1.82) is 5.26 Å². The number of hydrogen-bond acceptors (Lipinski definition) is 1. The number of nitrogens with zero attached hydrogens (tertiary/aromatic N) is 1. The van der Waals surface area contributed by atoms with Crippen molar-refractivity contribution >= 4 is 0 Å². The molecule has 0 aliphatic heterocycles. The van der Waals surface area contributed by atoms with Gasteiger partial charge < -0.3 is 0 Å². The van der Waals surface area contributed by atoms with Crippen molar-refractivity contribution in [2.75, 3.05) is 0 Å². The Labute approximate surface area is 64.1 Å². The molecule has 1 atom stereocenters. The summed E-state index contributed by atoms with van der Waals surface area (Å²) < 4.78 is 0. The van der Waals surface area contributed by atoms with Gasteiger partial charge in [0.2, 0.25) is 0 Å². The summed E-state index contributed by atoms with van der Waals surface area (Å²) in [6.07, 6.45) is 5.68. The van der Waals surface area contributed by atoms with Crippen LogP contribution in [0.5, 0.6) is 0 Å². The Morgan fingerprint density at radius 3 is 2.60 bits per heavy atom. The molecule has 0 aliphatic carbocycles. The zero-order valence-electron chi connectivity index (χ0n) is 7.06. The molecule has 0 fully saturated rings. The zero-order valence-corrected chi connectivity index (χ0v) is 7.06. The molecule has 0 bridgehead atoms. The lowest BCUT2D eigenvalue weighted by molar-refractivity contribution is 0.477. The smallest absolute Gasteiger partial charge is 0.0621 e. The van der Waals surface area contributed by atoms with E-state index >= 15 is 0 Å². The number of rotatable bonds is 5. The first-order chi connectivity index (χ1) is 4.81. The first kappa shape index (κ1) is 9.49. The van der Waals surface area contributed by atoms with Gasteiger partial charge in [-0.2, -0.15) is 5.26 Å². The molecule has 0 amide bonds. The average molecular weight is 139 g/mol. The second-order valence-corrected chi connectivity index (χ2v) is 2.94. The van der Waals surface area contributed by atoms with Crippen LogP contribution in [0.1, 0.15) is 46.0 Å². The Morgan fingerprint density at radius 1 is 1.40 bits per heavy atom. The Balaban J connectivity index is 3.10. The predicted octanol–water partition coefficient (Wildman–Crippen LogP) is 3.12. The summed E-state index contributed by atoms with van der Waals surface area (Å²) in [5.74, 6) is 0.750. The quantitative estimate of drug-likeness (QED) is 0.574. The largest absolute Gasteiger partial charge is 0.198 e. The lowest BCUT2D eigenvalue weighted by atomic mass is 10.00. The number of unbranched alkanes of at least 4 members (excludes halogenated alkanes) is 1. The van der Waals surface area contributed by atoms with Crippen LogP contribution in [0.4, 0.5) is 0 Å². The van der Waals surface area contributed by atoms with Gasteiger partial charge >= 0.3 is 0 Å². The molecule has 0 saturated carbocycles. The van der Waals surface area contributed by atoms with Crippen LogP contribution < -0.4 is 0 Å². The highest BCUT2D eigenvalue weighted by atomic mass is 14.2. The molecule has 0 spiro atoms. The van der Waals surface area contributed by atoms with E-state index in [-0.39, 0.29) is 0 Å². The Kier molecular flexibility index (Phi) is 6.27. The summed E-state index contributed by atoms with van der Waals surface area (Å²) in [6, 6.07) is 2.18. The van der Waals surface area contributed by atoms with Crippen molar-refractivity contribution in [3.63, 3.8) is 0 Å². The van der Waals surface area contributed by atoms with Gasteiger partial charge in [-0.1, -0.05) is 33.1 Å². The summed E-state index contributed by atoms with van der Waals surface area (Å²) in [5, 5.41) is 8.29. The van der Waals surface area contributed by atoms with E-state index in [9.17, 15) is 0 Å². The van der Waals surface area contributed by atoms with E-state index in [0.29, 0.717) is 0 Å². The fourth-order valence-electron chi connectivity index (χ4n) is 1.01. The lowest BCUT2D eigenvalue weighted by Gasteiger charge is -2.06. The van der Waals surface area contributed by atoms with Gasteiger partial charge in [0, 0.05) is 6.42 Å². The van der Waals surface area contributed by atoms with E-state index in [1.54, 1.807) is 0 Å². The third-order valence-electron chi connectivity index (χ3n) is 1.80. The van der Waals surface area contributed by atoms with Crippen LogP contribution in [0.15, 0.2) is 0 Å². The highest BCUT2D eigenvalue weighted by Crippen LogP contribution is 2.12. The topological polar surface area (TPSA) is 23.8 Å². The average Bonchev–Trinajstić information content (AvgIpc) is 1.97. The molecule has 10 heavy (non-hydrogen) atoms. The van der Waals surface area contributed by atoms with E-state index in [0.717, 1.165) is 18.8 Å². The minimum atomic E-state index is 0.727. The van der Waals surface area contributed by atoms with Crippen molar-refractivity contribution in [2.45, 2.75) is 46.0 Å². The van der Waals surface area contributed by atoms with Gasteiger partial charge in [0.15, 0.2) is 0 Å². The van der Waals surface area contributed by atoms with E-state index in [1.807, 2.05) is 0 Å². The maximum absolute atomic E-state index is 8.29. The maximum Gasteiger partial charge on any atom is 0.0621 e. The van der Waals surface area contributed by atoms with Crippen LogP contribution in [0.3, 0.4) is 0 Å². The molecule has 0 rings (SSSR count). The molecule has 0 aromatic carbocycles. The Morgan fingerprint density at radius 2 is 2.10 bits per heavy atom. The van der Waals surface area contributed by atoms with E-state index in [2.05, 4.69) is 19.9 Å². The van der Waals surface area contributed by atoms with Crippen molar-refractivity contribution in [3.05, 3.63) is 0 Å². The summed E-state index contributed by atoms with van der Waals surface area (Å²) in [6.45, 7) is 4.43. The first-order valence-corrected chi connectivity index (χ1v) is 4.18. The normalized spacial score (nSPS) is 12.5. The summed E-state index contributed by atoms with van der Waals surface area (Å²) in [4.78, 5) is 0. The second kappa shape index (κ2) is 6.61. The molecule has 0 N–H and O–H groups in total. The fraction of sp³-hybridized carbons (Fsp3) is 0.889. The van der Waals surface area contributed by atoms with Crippen LogP contribution in [-0.2, 0) is 0 Å². The van der Waals surface area contributed by atoms with Crippen LogP contribution in [0.25, 0.3) is 0 Å². The maximum atomic E-state index is 8.29. The SMILES string of the molecule is CCCC[C@H](C)CCC#N. The molecule has 58 valence electrons. The van der Waals surface area contributed by atoms with Crippen molar-refractivity contribution in [3.8, 4) is 6.07 Å². The monoisotopic (exact) mass is 139 g/mol. The minimum absolute atomic E-state index is 0.727. The molecular formula is C9H17N. The first-order valence-electron chi connectivity index (χ1n) is 4.18. The van der Waals surface area contributed by atoms with Crippen molar-refractivity contribution < 1.29 is 0 Å². The van der Waals surface area contributed by atoms with Gasteiger partial charge in [0.25, 0.3) is 0 Å². The van der Waals surface area contributed by atoms with Gasteiger partial charge in [0.05, 0.1) is 6.07 Å². The third kappa shape index (κ3) is 5.62. The molecule has 0 saturated heterocycles. The van der Waals surface area contributed by atoms with Crippen LogP contribution >= 0.6 is 0 Å². The third-order valence-corrected chi connectivity index (χ3v) is 1.80. The molecule has 0 aromatic rings. The Bertz CT molecular complexity index is 102. The number of nitriles is 1. The standard InChI is InChI=1S/C9H17N/c1-3-4-6-9(2)7-5-8-10/h9H,3-7H2,1-2H3/t9-/m0/s1. The lowest BCUT2D eigenvalue weighted by Crippen LogP contribution is -1.92. The molecule has 0 radical (unpaired) electrons. The molecule has 0 aliphatic rings. The van der Waals surface area contributed by atoms with Gasteiger partial charge in [-0.15, -0.1) is 0 Å². The van der Waals surface area contributed by atoms with E-state index in [1.165, 1.54) is 19.3 Å². The van der Waals surface area contributed by atoms with Crippen molar-refractivity contribution in [2.24, 2.45) is 5.92 Å². The van der Waals surface area contributed by atoms with Gasteiger partial charge in [-0.3, -0.25) is 0 Å². The number of hydrogen-bond donors (Lipinski definition) is 0. The highest BCUT2D eigenvalue weighted by Gasteiger charge is 1.99. The van der Waals surface area contributed by atoms with Gasteiger partial charge in [-0.05, 0) is 12.3 Å². The van der Waals surface area contributed by atoms with Crippen LogP contribution in [0.2, 0.25) is 0 Å². The second-order valence-electron chi connectivity index (χ2n) is 2.94. The minimum Gasteiger partial charge on any atom is -0.198 e. The highest BCUT2D eigenvalue weighted by molar-refractivity contribution is 4.70. The van der Waals surface area contributed by atoms with Gasteiger partial charge in [-0.25, -0.2) is 0 Å². The predicted molar refractivity (Wildman–Crippen MR) is 43.5 cm³/mol. The molecule has 1 heteroatoms. The fourth-order valence-corrected chi connectivity index (χ4v) is 1.01. The van der Waals surface area contributed by atoms with E-state index < -0.39 is 0 Å². The Hall–Kier alpha value is -0.510. The zero-order chi connectivity index (χ0) is 7.82. The summed E-state index contributed by atoms with van der Waals surface area (Å²) >= 11 is 0. The van der Waals surface area contributed by atoms with Crippen molar-refractivity contribution in [1.82, 2.24) is 0 Å². The van der Waals surface area contributed by atoms with Gasteiger partial charge in [0.1, 0.15) is 0 Å².